The molecule has 1 heterocycles. The number of nitrogens with one attached hydrogen (secondary N) is 1. The quantitative estimate of drug-likeness (QED) is 0.705. The van der Waals surface area contributed by atoms with Crippen molar-refractivity contribution >= 4 is 21.4 Å². The minimum Gasteiger partial charge on any atom is -0.385 e. The molecule has 1 aromatic rings. The highest BCUT2D eigenvalue weighted by atomic mass is 32.2. The smallest absolute Gasteiger partial charge is 0.243 e. The first-order valence-electron chi connectivity index (χ1n) is 6.68. The molecule has 1 rings (SSSR count). The van der Waals surface area contributed by atoms with Crippen molar-refractivity contribution in [1.29, 1.82) is 0 Å². The van der Waals surface area contributed by atoms with E-state index < -0.39 is 10.0 Å². The summed E-state index contributed by atoms with van der Waals surface area (Å²) in [7, 11) is -0.161. The fourth-order valence-electron chi connectivity index (χ4n) is 1.84. The number of nitrogens with zero attached hydrogens (tertiary/aromatic N) is 1. The highest BCUT2D eigenvalue weighted by Crippen LogP contribution is 2.27. The van der Waals surface area contributed by atoms with Gasteiger partial charge in [0.05, 0.1) is 4.90 Å². The Kier molecular flexibility index (Phi) is 7.11. The molecule has 0 spiro atoms. The standard InChI is InChI=1S/C13H24N2O3S2/c1-5-14-10-12-9-13(11(2)19-12)20(16,17)15(3)7-6-8-18-4/h9,14H,5-8,10H2,1-4H3. The van der Waals surface area contributed by atoms with Crippen LogP contribution in [-0.4, -0.2) is 46.6 Å². The Morgan fingerprint density at radius 2 is 2.15 bits per heavy atom. The van der Waals surface area contributed by atoms with Crippen LogP contribution in [0.5, 0.6) is 0 Å². The summed E-state index contributed by atoms with van der Waals surface area (Å²) < 4.78 is 31.4. The van der Waals surface area contributed by atoms with Gasteiger partial charge in [-0.05, 0) is 26.0 Å². The first kappa shape index (κ1) is 17.6. The minimum absolute atomic E-state index is 0.426. The summed E-state index contributed by atoms with van der Waals surface area (Å²) in [5, 5.41) is 3.21. The van der Waals surface area contributed by atoms with Crippen LogP contribution in [0.4, 0.5) is 0 Å². The van der Waals surface area contributed by atoms with Crippen LogP contribution in [0.15, 0.2) is 11.0 Å². The Hall–Kier alpha value is -0.470. The number of ether oxygens (including phenoxy) is 1. The molecule has 0 saturated heterocycles. The second-order valence-electron chi connectivity index (χ2n) is 4.59. The molecular formula is C13H24N2O3S2. The number of sulfonamides is 1. The second kappa shape index (κ2) is 8.09. The van der Waals surface area contributed by atoms with Crippen LogP contribution < -0.4 is 5.32 Å². The van der Waals surface area contributed by atoms with Crippen LogP contribution in [0, 0.1) is 6.92 Å². The maximum Gasteiger partial charge on any atom is 0.243 e. The van der Waals surface area contributed by atoms with E-state index in [-0.39, 0.29) is 0 Å². The van der Waals surface area contributed by atoms with Crippen LogP contribution in [0.3, 0.4) is 0 Å². The van der Waals surface area contributed by atoms with E-state index in [1.54, 1.807) is 20.2 Å². The van der Waals surface area contributed by atoms with Gasteiger partial charge in [0.15, 0.2) is 0 Å². The van der Waals surface area contributed by atoms with Gasteiger partial charge in [0.2, 0.25) is 10.0 Å². The molecule has 0 aliphatic heterocycles. The van der Waals surface area contributed by atoms with Crippen molar-refractivity contribution in [2.45, 2.75) is 31.7 Å². The van der Waals surface area contributed by atoms with Crippen LogP contribution in [0.2, 0.25) is 0 Å². The van der Waals surface area contributed by atoms with Crippen LogP contribution in [0.1, 0.15) is 23.1 Å². The molecule has 0 amide bonds. The van der Waals surface area contributed by atoms with Gasteiger partial charge in [-0.15, -0.1) is 11.3 Å². The lowest BCUT2D eigenvalue weighted by Crippen LogP contribution is -2.28. The van der Waals surface area contributed by atoms with E-state index in [0.29, 0.717) is 31.0 Å². The molecule has 116 valence electrons. The minimum atomic E-state index is -3.39. The van der Waals surface area contributed by atoms with Crippen LogP contribution in [-0.2, 0) is 21.3 Å². The molecule has 0 bridgehead atoms. The molecule has 0 saturated carbocycles. The number of hydrogen-bond donors (Lipinski definition) is 1. The summed E-state index contributed by atoms with van der Waals surface area (Å²) in [6.45, 7) is 6.50. The van der Waals surface area contributed by atoms with Crippen molar-refractivity contribution in [1.82, 2.24) is 9.62 Å². The van der Waals surface area contributed by atoms with E-state index >= 15 is 0 Å². The number of methoxy groups -OCH3 is 1. The molecule has 0 atom stereocenters. The van der Waals surface area contributed by atoms with Crippen molar-refractivity contribution in [2.75, 3.05) is 33.9 Å². The zero-order valence-electron chi connectivity index (χ0n) is 12.6. The maximum absolute atomic E-state index is 12.5. The molecule has 0 unspecified atom stereocenters. The highest BCUT2D eigenvalue weighted by Gasteiger charge is 2.24. The summed E-state index contributed by atoms with van der Waals surface area (Å²) >= 11 is 1.53. The molecule has 0 radical (unpaired) electrons. The molecule has 0 fully saturated rings. The molecular weight excluding hydrogens is 296 g/mol. The van der Waals surface area contributed by atoms with E-state index in [4.69, 9.17) is 4.74 Å². The maximum atomic E-state index is 12.5. The summed E-state index contributed by atoms with van der Waals surface area (Å²) in [6, 6.07) is 1.78. The van der Waals surface area contributed by atoms with Gasteiger partial charge in [-0.3, -0.25) is 0 Å². The average Bonchev–Trinajstić information content (AvgIpc) is 2.78. The van der Waals surface area contributed by atoms with Crippen molar-refractivity contribution in [3.8, 4) is 0 Å². The Morgan fingerprint density at radius 1 is 1.45 bits per heavy atom. The molecule has 0 aliphatic carbocycles. The van der Waals surface area contributed by atoms with Gasteiger partial charge in [-0.2, -0.15) is 0 Å². The fourth-order valence-corrected chi connectivity index (χ4v) is 4.61. The molecule has 5 nitrogen and oxygen atoms in total. The third kappa shape index (κ3) is 4.53. The van der Waals surface area contributed by atoms with Gasteiger partial charge in [0, 0.05) is 43.6 Å². The SMILES string of the molecule is CCNCc1cc(S(=O)(=O)N(C)CCCOC)c(C)s1. The van der Waals surface area contributed by atoms with E-state index in [1.165, 1.54) is 15.6 Å². The Balaban J connectivity index is 2.83. The number of hydrogen-bond acceptors (Lipinski definition) is 5. The zero-order valence-corrected chi connectivity index (χ0v) is 14.2. The van der Waals surface area contributed by atoms with E-state index in [1.807, 2.05) is 13.8 Å². The second-order valence-corrected chi connectivity index (χ2v) is 7.94. The third-order valence-corrected chi connectivity index (χ3v) is 6.14. The van der Waals surface area contributed by atoms with Crippen LogP contribution in [0.25, 0.3) is 0 Å². The van der Waals surface area contributed by atoms with Crippen molar-refractivity contribution < 1.29 is 13.2 Å². The first-order chi connectivity index (χ1) is 9.43. The number of rotatable bonds is 9. The lowest BCUT2D eigenvalue weighted by atomic mass is 10.4. The summed E-state index contributed by atoms with van der Waals surface area (Å²) in [5.41, 5.74) is 0. The highest BCUT2D eigenvalue weighted by molar-refractivity contribution is 7.89. The van der Waals surface area contributed by atoms with Crippen LogP contribution >= 0.6 is 11.3 Å². The van der Waals surface area contributed by atoms with Crippen molar-refractivity contribution in [2.24, 2.45) is 0 Å². The van der Waals surface area contributed by atoms with Gasteiger partial charge in [0.1, 0.15) is 0 Å². The van der Waals surface area contributed by atoms with E-state index in [0.717, 1.165) is 16.3 Å². The van der Waals surface area contributed by atoms with Gasteiger partial charge in [-0.1, -0.05) is 6.92 Å². The average molecular weight is 320 g/mol. The number of thiophene rings is 1. The monoisotopic (exact) mass is 320 g/mol. The first-order valence-corrected chi connectivity index (χ1v) is 8.94. The Labute approximate surface area is 126 Å². The van der Waals surface area contributed by atoms with E-state index in [9.17, 15) is 8.42 Å². The van der Waals surface area contributed by atoms with E-state index in [2.05, 4.69) is 5.32 Å². The van der Waals surface area contributed by atoms with Crippen molar-refractivity contribution in [3.63, 3.8) is 0 Å². The third-order valence-electron chi connectivity index (χ3n) is 2.98. The molecule has 1 aromatic heterocycles. The normalized spacial score (nSPS) is 12.2. The number of aryl methyl sites for hydroxylation is 1. The van der Waals surface area contributed by atoms with Gasteiger partial charge >= 0.3 is 0 Å². The van der Waals surface area contributed by atoms with Crippen molar-refractivity contribution in [3.05, 3.63) is 15.8 Å². The fraction of sp³-hybridized carbons (Fsp3) is 0.692. The predicted molar refractivity (Wildman–Crippen MR) is 82.7 cm³/mol. The van der Waals surface area contributed by atoms with Gasteiger partial charge in [-0.25, -0.2) is 12.7 Å². The lowest BCUT2D eigenvalue weighted by Gasteiger charge is -2.16. The summed E-state index contributed by atoms with van der Waals surface area (Å²) in [6.07, 6.45) is 0.694. The molecule has 7 heteroatoms. The zero-order chi connectivity index (χ0) is 15.2. The predicted octanol–water partition coefficient (Wildman–Crippen LogP) is 1.82. The molecule has 0 aliphatic rings. The van der Waals surface area contributed by atoms with Gasteiger partial charge in [0.25, 0.3) is 0 Å². The largest absolute Gasteiger partial charge is 0.385 e. The Bertz CT molecular complexity index is 512. The lowest BCUT2D eigenvalue weighted by molar-refractivity contribution is 0.189. The Morgan fingerprint density at radius 3 is 2.75 bits per heavy atom. The summed E-state index contributed by atoms with van der Waals surface area (Å²) in [4.78, 5) is 2.32. The molecule has 1 N–H and O–H groups in total. The topological polar surface area (TPSA) is 58.6 Å². The molecule has 20 heavy (non-hydrogen) atoms. The van der Waals surface area contributed by atoms with Gasteiger partial charge < -0.3 is 10.1 Å². The summed E-state index contributed by atoms with van der Waals surface area (Å²) in [5.74, 6) is 0. The molecule has 0 aromatic carbocycles.